The van der Waals surface area contributed by atoms with Gasteiger partial charge in [0.1, 0.15) is 5.70 Å². The van der Waals surface area contributed by atoms with Crippen molar-refractivity contribution >= 4 is 40.4 Å². The summed E-state index contributed by atoms with van der Waals surface area (Å²) in [7, 11) is 0. The molecule has 3 aromatic rings. The number of hydrogen-bond acceptors (Lipinski definition) is 3. The quantitative estimate of drug-likeness (QED) is 0.558. The molecule has 0 bridgehead atoms. The highest BCUT2D eigenvalue weighted by Crippen LogP contribution is 2.36. The van der Waals surface area contributed by atoms with E-state index in [-0.39, 0.29) is 17.5 Å². The van der Waals surface area contributed by atoms with E-state index < -0.39 is 0 Å². The maximum atomic E-state index is 13.6. The Kier molecular flexibility index (Phi) is 5.18. The van der Waals surface area contributed by atoms with Crippen LogP contribution in [0.3, 0.4) is 0 Å². The van der Waals surface area contributed by atoms with Gasteiger partial charge in [-0.3, -0.25) is 9.59 Å². The van der Waals surface area contributed by atoms with E-state index >= 15 is 0 Å². The van der Waals surface area contributed by atoms with Crippen LogP contribution >= 0.6 is 11.6 Å². The molecular weight excluding hydrogens is 396 g/mol. The van der Waals surface area contributed by atoms with Gasteiger partial charge >= 0.3 is 0 Å². The number of imide groups is 1. The van der Waals surface area contributed by atoms with E-state index in [0.29, 0.717) is 16.3 Å². The van der Waals surface area contributed by atoms with Gasteiger partial charge in [-0.1, -0.05) is 53.6 Å². The Labute approximate surface area is 180 Å². The van der Waals surface area contributed by atoms with E-state index in [2.05, 4.69) is 5.32 Å². The van der Waals surface area contributed by atoms with Crippen LogP contribution in [0.2, 0.25) is 5.02 Å². The van der Waals surface area contributed by atoms with Gasteiger partial charge in [0.05, 0.1) is 11.3 Å². The van der Waals surface area contributed by atoms with Crippen LogP contribution in [-0.2, 0) is 9.59 Å². The second kappa shape index (κ2) is 7.81. The number of hydrogen-bond donors (Lipinski definition) is 1. The van der Waals surface area contributed by atoms with Crippen LogP contribution in [0.25, 0.3) is 5.57 Å². The molecule has 30 heavy (non-hydrogen) atoms. The van der Waals surface area contributed by atoms with Crippen LogP contribution < -0.4 is 10.2 Å². The summed E-state index contributed by atoms with van der Waals surface area (Å²) in [6.45, 7) is 5.78. The summed E-state index contributed by atoms with van der Waals surface area (Å²) >= 11 is 6.08. The Morgan fingerprint density at radius 3 is 2.20 bits per heavy atom. The number of benzene rings is 3. The Hall–Kier alpha value is -3.37. The third-order valence-corrected chi connectivity index (χ3v) is 5.41. The second-order valence-electron chi connectivity index (χ2n) is 7.44. The largest absolute Gasteiger partial charge is 0.350 e. The van der Waals surface area contributed by atoms with E-state index in [0.717, 1.165) is 27.9 Å². The lowest BCUT2D eigenvalue weighted by atomic mass is 9.97. The van der Waals surface area contributed by atoms with Crippen LogP contribution in [-0.4, -0.2) is 11.8 Å². The fourth-order valence-electron chi connectivity index (χ4n) is 3.74. The van der Waals surface area contributed by atoms with Gasteiger partial charge in [0.25, 0.3) is 11.8 Å². The maximum absolute atomic E-state index is 13.6. The average molecular weight is 417 g/mol. The Morgan fingerprint density at radius 1 is 0.800 bits per heavy atom. The van der Waals surface area contributed by atoms with Crippen molar-refractivity contribution in [1.82, 2.24) is 0 Å². The normalized spacial score (nSPS) is 13.9. The van der Waals surface area contributed by atoms with Crippen LogP contribution in [0.1, 0.15) is 22.3 Å². The summed E-state index contributed by atoms with van der Waals surface area (Å²) < 4.78 is 0. The van der Waals surface area contributed by atoms with Gasteiger partial charge < -0.3 is 5.32 Å². The molecule has 0 aliphatic carbocycles. The first-order valence-corrected chi connectivity index (χ1v) is 10.0. The Balaban J connectivity index is 1.88. The van der Waals surface area contributed by atoms with E-state index in [1.807, 2.05) is 69.3 Å². The molecule has 0 saturated heterocycles. The van der Waals surface area contributed by atoms with Crippen molar-refractivity contribution in [3.05, 3.63) is 99.7 Å². The smallest absolute Gasteiger partial charge is 0.282 e. The van der Waals surface area contributed by atoms with Crippen molar-refractivity contribution in [3.63, 3.8) is 0 Å². The zero-order valence-corrected chi connectivity index (χ0v) is 17.7. The van der Waals surface area contributed by atoms with Crippen molar-refractivity contribution < 1.29 is 9.59 Å². The summed E-state index contributed by atoms with van der Waals surface area (Å²) in [6, 6.07) is 20.4. The highest BCUT2D eigenvalue weighted by molar-refractivity contribution is 6.46. The first-order chi connectivity index (χ1) is 14.4. The number of rotatable bonds is 4. The van der Waals surface area contributed by atoms with Gasteiger partial charge in [0.2, 0.25) is 0 Å². The second-order valence-corrected chi connectivity index (χ2v) is 7.87. The number of amides is 2. The van der Waals surface area contributed by atoms with Gasteiger partial charge in [-0.15, -0.1) is 0 Å². The molecule has 0 unspecified atom stereocenters. The average Bonchev–Trinajstić information content (AvgIpc) is 2.93. The van der Waals surface area contributed by atoms with E-state index in [1.54, 1.807) is 18.2 Å². The van der Waals surface area contributed by atoms with Gasteiger partial charge in [-0.25, -0.2) is 4.90 Å². The number of carbonyl (C=O) groups is 2. The summed E-state index contributed by atoms with van der Waals surface area (Å²) in [5.74, 6) is -0.736. The predicted molar refractivity (Wildman–Crippen MR) is 122 cm³/mol. The molecule has 4 rings (SSSR count). The molecule has 0 aromatic heterocycles. The molecular formula is C25H21ClN2O2. The predicted octanol–water partition coefficient (Wildman–Crippen LogP) is 5.66. The summed E-state index contributed by atoms with van der Waals surface area (Å²) in [5, 5.41) is 3.74. The lowest BCUT2D eigenvalue weighted by Gasteiger charge is -2.18. The molecule has 0 atom stereocenters. The SMILES string of the molecule is Cc1ccc(C2=C(Nc3ccccc3)C(=O)N(c3ccc(Cl)cc3C)C2=O)c(C)c1. The van der Waals surface area contributed by atoms with Gasteiger partial charge in [-0.05, 0) is 67.8 Å². The Bertz CT molecular complexity index is 1200. The molecule has 1 heterocycles. The third kappa shape index (κ3) is 3.51. The fourth-order valence-corrected chi connectivity index (χ4v) is 3.97. The molecule has 1 aliphatic heterocycles. The minimum absolute atomic E-state index is 0.271. The first kappa shape index (κ1) is 19.9. The maximum Gasteiger partial charge on any atom is 0.282 e. The molecule has 3 aromatic carbocycles. The van der Waals surface area contributed by atoms with Crippen LogP contribution in [0, 0.1) is 20.8 Å². The topological polar surface area (TPSA) is 49.4 Å². The van der Waals surface area contributed by atoms with Gasteiger partial charge in [-0.2, -0.15) is 0 Å². The van der Waals surface area contributed by atoms with Gasteiger partial charge in [0.15, 0.2) is 0 Å². The molecule has 0 radical (unpaired) electrons. The zero-order valence-electron chi connectivity index (χ0n) is 17.0. The van der Waals surface area contributed by atoms with E-state index in [9.17, 15) is 9.59 Å². The molecule has 5 heteroatoms. The van der Waals surface area contributed by atoms with Gasteiger partial charge in [0, 0.05) is 10.7 Å². The van der Waals surface area contributed by atoms with Crippen molar-refractivity contribution in [3.8, 4) is 0 Å². The number of nitrogens with zero attached hydrogens (tertiary/aromatic N) is 1. The Morgan fingerprint density at radius 2 is 1.53 bits per heavy atom. The summed E-state index contributed by atoms with van der Waals surface area (Å²) in [4.78, 5) is 28.3. The van der Waals surface area contributed by atoms with E-state index in [1.165, 1.54) is 4.90 Å². The van der Waals surface area contributed by atoms with Crippen molar-refractivity contribution in [2.45, 2.75) is 20.8 Å². The first-order valence-electron chi connectivity index (χ1n) is 9.65. The number of para-hydroxylation sites is 1. The summed E-state index contributed by atoms with van der Waals surface area (Å²) in [6.07, 6.45) is 0. The number of anilines is 2. The van der Waals surface area contributed by atoms with Crippen LogP contribution in [0.4, 0.5) is 11.4 Å². The van der Waals surface area contributed by atoms with Crippen molar-refractivity contribution in [1.29, 1.82) is 0 Å². The number of halogens is 1. The van der Waals surface area contributed by atoms with Crippen LogP contribution in [0.5, 0.6) is 0 Å². The molecule has 4 nitrogen and oxygen atoms in total. The highest BCUT2D eigenvalue weighted by Gasteiger charge is 2.41. The molecule has 2 amide bonds. The third-order valence-electron chi connectivity index (χ3n) is 5.18. The minimum Gasteiger partial charge on any atom is -0.350 e. The minimum atomic E-state index is -0.385. The molecule has 0 saturated carbocycles. The monoisotopic (exact) mass is 416 g/mol. The fraction of sp³-hybridized carbons (Fsp3) is 0.120. The number of carbonyl (C=O) groups excluding carboxylic acids is 2. The zero-order chi connectivity index (χ0) is 21.4. The molecule has 1 aliphatic rings. The lowest BCUT2D eigenvalue weighted by Crippen LogP contribution is -2.33. The number of aryl methyl sites for hydroxylation is 3. The number of nitrogens with one attached hydrogen (secondary N) is 1. The van der Waals surface area contributed by atoms with Crippen molar-refractivity contribution in [2.24, 2.45) is 0 Å². The molecule has 1 N–H and O–H groups in total. The van der Waals surface area contributed by atoms with E-state index in [4.69, 9.17) is 11.6 Å². The molecule has 0 fully saturated rings. The molecule has 0 spiro atoms. The molecule has 150 valence electrons. The van der Waals surface area contributed by atoms with Crippen LogP contribution in [0.15, 0.2) is 72.4 Å². The highest BCUT2D eigenvalue weighted by atomic mass is 35.5. The lowest BCUT2D eigenvalue weighted by molar-refractivity contribution is -0.120. The summed E-state index contributed by atoms with van der Waals surface area (Å²) in [5.41, 5.74) is 5.44. The standard InChI is InChI=1S/C25H21ClN2O2/c1-15-9-11-20(16(2)13-15)22-23(27-19-7-5-4-6-8-19)25(30)28(24(22)29)21-12-10-18(26)14-17(21)3/h4-14,27H,1-3H3. The van der Waals surface area contributed by atoms with Crippen molar-refractivity contribution in [2.75, 3.05) is 10.2 Å².